The highest BCUT2D eigenvalue weighted by Crippen LogP contribution is 2.37. The van der Waals surface area contributed by atoms with Gasteiger partial charge in [0.15, 0.2) is 0 Å². The molecule has 1 aliphatic rings. The normalized spacial score (nSPS) is 23.1. The first-order chi connectivity index (χ1) is 8.14. The van der Waals surface area contributed by atoms with Crippen LogP contribution in [0.5, 0.6) is 0 Å². The van der Waals surface area contributed by atoms with Crippen molar-refractivity contribution < 1.29 is 0 Å². The van der Waals surface area contributed by atoms with Gasteiger partial charge in [0.05, 0.1) is 5.37 Å². The van der Waals surface area contributed by atoms with Gasteiger partial charge in [-0.15, -0.1) is 11.8 Å². The van der Waals surface area contributed by atoms with E-state index in [1.54, 1.807) is 0 Å². The van der Waals surface area contributed by atoms with Crippen LogP contribution in [0.25, 0.3) is 10.8 Å². The van der Waals surface area contributed by atoms with Crippen molar-refractivity contribution >= 4 is 22.5 Å². The van der Waals surface area contributed by atoms with Gasteiger partial charge in [0.2, 0.25) is 0 Å². The number of nitrogens with one attached hydrogen (secondary N) is 1. The third-order valence-electron chi connectivity index (χ3n) is 3.21. The maximum atomic E-state index is 3.67. The van der Waals surface area contributed by atoms with E-state index < -0.39 is 0 Å². The van der Waals surface area contributed by atoms with Crippen LogP contribution in [0.4, 0.5) is 0 Å². The zero-order valence-electron chi connectivity index (χ0n) is 10.2. The van der Waals surface area contributed by atoms with E-state index in [4.69, 9.17) is 0 Å². The minimum Gasteiger partial charge on any atom is -0.296 e. The second kappa shape index (κ2) is 4.04. The van der Waals surface area contributed by atoms with Crippen LogP contribution in [0.1, 0.15) is 24.8 Å². The van der Waals surface area contributed by atoms with Gasteiger partial charge in [0.1, 0.15) is 0 Å². The first-order valence-electron chi connectivity index (χ1n) is 6.02. The van der Waals surface area contributed by atoms with Crippen molar-refractivity contribution in [2.45, 2.75) is 24.8 Å². The Morgan fingerprint density at radius 3 is 2.59 bits per heavy atom. The van der Waals surface area contributed by atoms with Crippen LogP contribution in [-0.4, -0.2) is 11.3 Å². The Hall–Kier alpha value is -0.990. The molecule has 0 spiro atoms. The largest absolute Gasteiger partial charge is 0.296 e. The SMILES string of the molecule is CC1(C)CSC(c2ccc3ccccc3c2)N1. The van der Waals surface area contributed by atoms with E-state index in [0.29, 0.717) is 5.37 Å². The summed E-state index contributed by atoms with van der Waals surface area (Å²) in [6, 6.07) is 15.3. The fraction of sp³-hybridized carbons (Fsp3) is 0.333. The van der Waals surface area contributed by atoms with Gasteiger partial charge < -0.3 is 0 Å². The summed E-state index contributed by atoms with van der Waals surface area (Å²) < 4.78 is 0. The van der Waals surface area contributed by atoms with Crippen LogP contribution in [0.15, 0.2) is 42.5 Å². The van der Waals surface area contributed by atoms with Crippen LogP contribution in [-0.2, 0) is 0 Å². The van der Waals surface area contributed by atoms with E-state index in [9.17, 15) is 0 Å². The first-order valence-corrected chi connectivity index (χ1v) is 7.07. The molecule has 1 saturated heterocycles. The second-order valence-electron chi connectivity index (χ2n) is 5.33. The van der Waals surface area contributed by atoms with E-state index in [0.717, 1.165) is 0 Å². The Balaban J connectivity index is 1.96. The van der Waals surface area contributed by atoms with E-state index in [1.807, 2.05) is 11.8 Å². The lowest BCUT2D eigenvalue weighted by Crippen LogP contribution is -2.35. The van der Waals surface area contributed by atoms with Crippen molar-refractivity contribution in [1.29, 1.82) is 0 Å². The maximum absolute atomic E-state index is 3.67. The Kier molecular flexibility index (Phi) is 2.64. The average Bonchev–Trinajstić information content (AvgIpc) is 2.69. The molecule has 88 valence electrons. The third-order valence-corrected chi connectivity index (χ3v) is 4.82. The summed E-state index contributed by atoms with van der Waals surface area (Å²) in [4.78, 5) is 0. The molecule has 0 aliphatic carbocycles. The van der Waals surface area contributed by atoms with E-state index in [2.05, 4.69) is 61.6 Å². The molecule has 0 amide bonds. The Morgan fingerprint density at radius 1 is 1.12 bits per heavy atom. The van der Waals surface area contributed by atoms with E-state index in [-0.39, 0.29) is 5.54 Å². The van der Waals surface area contributed by atoms with Crippen molar-refractivity contribution in [2.75, 3.05) is 5.75 Å². The molecule has 1 fully saturated rings. The van der Waals surface area contributed by atoms with Gasteiger partial charge in [-0.25, -0.2) is 0 Å². The molecule has 17 heavy (non-hydrogen) atoms. The molecule has 0 radical (unpaired) electrons. The predicted molar refractivity (Wildman–Crippen MR) is 76.4 cm³/mol. The molecule has 2 aromatic carbocycles. The van der Waals surface area contributed by atoms with Crippen molar-refractivity contribution in [3.63, 3.8) is 0 Å². The van der Waals surface area contributed by atoms with Gasteiger partial charge in [0.25, 0.3) is 0 Å². The molecule has 1 unspecified atom stereocenters. The van der Waals surface area contributed by atoms with E-state index in [1.165, 1.54) is 22.1 Å². The Bertz CT molecular complexity index is 547. The Labute approximate surface area is 107 Å². The third kappa shape index (κ3) is 2.20. The number of fused-ring (bicyclic) bond motifs is 1. The lowest BCUT2D eigenvalue weighted by molar-refractivity contribution is 0.452. The zero-order valence-corrected chi connectivity index (χ0v) is 11.1. The summed E-state index contributed by atoms with van der Waals surface area (Å²) in [5.74, 6) is 1.17. The quantitative estimate of drug-likeness (QED) is 0.814. The fourth-order valence-electron chi connectivity index (χ4n) is 2.28. The van der Waals surface area contributed by atoms with Gasteiger partial charge in [0, 0.05) is 11.3 Å². The monoisotopic (exact) mass is 243 g/mol. The summed E-state index contributed by atoms with van der Waals surface area (Å²) in [6.45, 7) is 4.53. The van der Waals surface area contributed by atoms with Gasteiger partial charge in [-0.1, -0.05) is 36.4 Å². The van der Waals surface area contributed by atoms with Gasteiger partial charge in [-0.05, 0) is 36.2 Å². The molecule has 1 N–H and O–H groups in total. The summed E-state index contributed by atoms with van der Waals surface area (Å²) in [7, 11) is 0. The standard InChI is InChI=1S/C15H17NS/c1-15(2)10-17-14(16-15)13-8-7-11-5-3-4-6-12(11)9-13/h3-9,14,16H,10H2,1-2H3. The maximum Gasteiger partial charge on any atom is 0.0794 e. The van der Waals surface area contributed by atoms with Crippen LogP contribution in [0.2, 0.25) is 0 Å². The highest BCUT2D eigenvalue weighted by atomic mass is 32.2. The van der Waals surface area contributed by atoms with Gasteiger partial charge in [-0.2, -0.15) is 0 Å². The molecule has 1 nitrogen and oxygen atoms in total. The fourth-order valence-corrected chi connectivity index (χ4v) is 3.69. The van der Waals surface area contributed by atoms with Crippen molar-refractivity contribution in [3.05, 3.63) is 48.0 Å². The smallest absolute Gasteiger partial charge is 0.0794 e. The molecule has 1 heterocycles. The van der Waals surface area contributed by atoms with Crippen LogP contribution in [0.3, 0.4) is 0 Å². The lowest BCUT2D eigenvalue weighted by Gasteiger charge is -2.19. The highest BCUT2D eigenvalue weighted by Gasteiger charge is 2.31. The van der Waals surface area contributed by atoms with Crippen LogP contribution in [0, 0.1) is 0 Å². The summed E-state index contributed by atoms with van der Waals surface area (Å²) >= 11 is 2.00. The Morgan fingerprint density at radius 2 is 1.88 bits per heavy atom. The molecule has 2 heteroatoms. The number of rotatable bonds is 1. The van der Waals surface area contributed by atoms with Crippen molar-refractivity contribution in [3.8, 4) is 0 Å². The van der Waals surface area contributed by atoms with Gasteiger partial charge >= 0.3 is 0 Å². The van der Waals surface area contributed by atoms with E-state index >= 15 is 0 Å². The lowest BCUT2D eigenvalue weighted by atomic mass is 10.1. The molecule has 3 rings (SSSR count). The minimum absolute atomic E-state index is 0.251. The van der Waals surface area contributed by atoms with Crippen LogP contribution < -0.4 is 5.32 Å². The molecule has 0 bridgehead atoms. The zero-order chi connectivity index (χ0) is 11.9. The number of hydrogen-bond acceptors (Lipinski definition) is 2. The summed E-state index contributed by atoms with van der Waals surface area (Å²) in [5.41, 5.74) is 1.64. The summed E-state index contributed by atoms with van der Waals surface area (Å²) in [6.07, 6.45) is 0. The van der Waals surface area contributed by atoms with Crippen LogP contribution >= 0.6 is 11.8 Å². The molecule has 0 aromatic heterocycles. The average molecular weight is 243 g/mol. The number of thioether (sulfide) groups is 1. The van der Waals surface area contributed by atoms with Gasteiger partial charge in [-0.3, -0.25) is 5.32 Å². The topological polar surface area (TPSA) is 12.0 Å². The molecule has 0 saturated carbocycles. The number of hydrogen-bond donors (Lipinski definition) is 1. The molecule has 2 aromatic rings. The molecular formula is C15H17NS. The minimum atomic E-state index is 0.251. The highest BCUT2D eigenvalue weighted by molar-refractivity contribution is 7.99. The first kappa shape index (κ1) is 11.1. The molecule has 1 aliphatic heterocycles. The second-order valence-corrected chi connectivity index (χ2v) is 6.42. The number of benzene rings is 2. The predicted octanol–water partition coefficient (Wildman–Crippen LogP) is 3.95. The van der Waals surface area contributed by atoms with Crippen molar-refractivity contribution in [1.82, 2.24) is 5.32 Å². The molecule has 1 atom stereocenters. The summed E-state index contributed by atoms with van der Waals surface area (Å²) in [5, 5.41) is 6.76. The van der Waals surface area contributed by atoms with Crippen molar-refractivity contribution in [2.24, 2.45) is 0 Å². The molecular weight excluding hydrogens is 226 g/mol.